The highest BCUT2D eigenvalue weighted by Gasteiger charge is 2.34. The topological polar surface area (TPSA) is 38.1 Å². The second kappa shape index (κ2) is 7.89. The van der Waals surface area contributed by atoms with E-state index in [9.17, 15) is 4.79 Å². The van der Waals surface area contributed by atoms with Gasteiger partial charge in [0, 0.05) is 40.6 Å². The van der Waals surface area contributed by atoms with Crippen LogP contribution in [0.4, 0.5) is 5.69 Å². The second-order valence-electron chi connectivity index (χ2n) is 7.55. The van der Waals surface area contributed by atoms with Gasteiger partial charge in [0.05, 0.1) is 11.0 Å². The minimum atomic E-state index is 0.0380. The van der Waals surface area contributed by atoms with Gasteiger partial charge in [-0.25, -0.2) is 4.98 Å². The van der Waals surface area contributed by atoms with E-state index in [1.165, 1.54) is 5.56 Å². The van der Waals surface area contributed by atoms with Crippen LogP contribution in [0.25, 0.3) is 11.0 Å². The molecule has 1 saturated heterocycles. The number of anilines is 1. The summed E-state index contributed by atoms with van der Waals surface area (Å²) < 4.78 is 3.31. The third-order valence-corrected chi connectivity index (χ3v) is 6.35. The predicted octanol–water partition coefficient (Wildman–Crippen LogP) is 6.02. The lowest BCUT2D eigenvalue weighted by molar-refractivity contribution is -0.117. The van der Waals surface area contributed by atoms with Crippen molar-refractivity contribution in [2.24, 2.45) is 0 Å². The fourth-order valence-corrected chi connectivity index (χ4v) is 4.49. The van der Waals surface area contributed by atoms with Crippen molar-refractivity contribution in [1.29, 1.82) is 0 Å². The Bertz CT molecular complexity index is 1220. The zero-order valence-electron chi connectivity index (χ0n) is 16.1. The molecule has 6 heteroatoms. The first kappa shape index (κ1) is 19.3. The van der Waals surface area contributed by atoms with Crippen LogP contribution < -0.4 is 4.90 Å². The summed E-state index contributed by atoms with van der Waals surface area (Å²) in [7, 11) is 0. The number of carbonyl (C=O) groups is 1. The van der Waals surface area contributed by atoms with Crippen LogP contribution in [0.2, 0.25) is 5.02 Å². The maximum atomic E-state index is 12.8. The zero-order valence-corrected chi connectivity index (χ0v) is 18.5. The van der Waals surface area contributed by atoms with Crippen LogP contribution in [-0.2, 0) is 11.3 Å². The van der Waals surface area contributed by atoms with Gasteiger partial charge in [-0.3, -0.25) is 4.79 Å². The summed E-state index contributed by atoms with van der Waals surface area (Å²) in [4.78, 5) is 19.6. The maximum Gasteiger partial charge on any atom is 0.227 e. The summed E-state index contributed by atoms with van der Waals surface area (Å²) in [6.07, 6.45) is 0.451. The third-order valence-electron chi connectivity index (χ3n) is 5.57. The minimum Gasteiger partial charge on any atom is -0.323 e. The first-order valence-corrected chi connectivity index (χ1v) is 11.0. The number of nitrogens with zero attached hydrogens (tertiary/aromatic N) is 3. The fraction of sp³-hybridized carbons (Fsp3) is 0.167. The van der Waals surface area contributed by atoms with Gasteiger partial charge < -0.3 is 9.47 Å². The lowest BCUT2D eigenvalue weighted by Gasteiger charge is -2.17. The normalized spacial score (nSPS) is 16.5. The van der Waals surface area contributed by atoms with Gasteiger partial charge in [0.25, 0.3) is 0 Å². The Kier molecular flexibility index (Phi) is 5.09. The molecule has 0 radical (unpaired) electrons. The lowest BCUT2D eigenvalue weighted by atomic mass is 10.1. The van der Waals surface area contributed by atoms with Gasteiger partial charge in [-0.05, 0) is 54.1 Å². The summed E-state index contributed by atoms with van der Waals surface area (Å²) in [6.45, 7) is 1.33. The average Bonchev–Trinajstić information content (AvgIpc) is 3.31. The molecule has 1 aliphatic heterocycles. The number of hydrogen-bond donors (Lipinski definition) is 0. The van der Waals surface area contributed by atoms with Gasteiger partial charge in [0.1, 0.15) is 5.82 Å². The molecule has 2 heterocycles. The molecule has 1 aliphatic rings. The van der Waals surface area contributed by atoms with Crippen LogP contribution in [0.1, 0.15) is 23.7 Å². The van der Waals surface area contributed by atoms with Crippen molar-refractivity contribution in [3.63, 3.8) is 0 Å². The third kappa shape index (κ3) is 3.64. The second-order valence-corrected chi connectivity index (χ2v) is 8.91. The number of aromatic nitrogens is 2. The number of benzene rings is 3. The summed E-state index contributed by atoms with van der Waals surface area (Å²) >= 11 is 9.51. The molecule has 0 saturated carbocycles. The molecule has 1 aromatic heterocycles. The van der Waals surface area contributed by atoms with Crippen LogP contribution >= 0.6 is 27.5 Å². The molecule has 150 valence electrons. The molecule has 5 rings (SSSR count). The molecule has 0 aliphatic carbocycles. The number of para-hydroxylation sites is 2. The Hall–Kier alpha value is -2.63. The Balaban J connectivity index is 1.51. The molecule has 4 nitrogen and oxygen atoms in total. The van der Waals surface area contributed by atoms with Gasteiger partial charge in [-0.15, -0.1) is 0 Å². The largest absolute Gasteiger partial charge is 0.323 e. The highest BCUT2D eigenvalue weighted by Crippen LogP contribution is 2.34. The first-order valence-electron chi connectivity index (χ1n) is 9.84. The van der Waals surface area contributed by atoms with Gasteiger partial charge >= 0.3 is 0 Å². The van der Waals surface area contributed by atoms with Gasteiger partial charge in [-0.2, -0.15) is 0 Å². The molecule has 3 aromatic carbocycles. The number of fused-ring (bicyclic) bond motifs is 1. The number of halogens is 2. The summed E-state index contributed by atoms with van der Waals surface area (Å²) in [6, 6.07) is 23.9. The van der Waals surface area contributed by atoms with E-state index in [-0.39, 0.29) is 11.8 Å². The SMILES string of the molecule is O=C1CC(c2nc3ccccc3n2Cc2ccc(Br)cc2)CN1c1ccc(Cl)cc1. The van der Waals surface area contributed by atoms with Crippen molar-refractivity contribution in [3.05, 3.63) is 93.7 Å². The van der Waals surface area contributed by atoms with E-state index in [0.29, 0.717) is 18.0 Å². The fourth-order valence-electron chi connectivity index (χ4n) is 4.10. The van der Waals surface area contributed by atoms with Crippen molar-refractivity contribution >= 4 is 50.2 Å². The summed E-state index contributed by atoms with van der Waals surface area (Å²) in [5, 5.41) is 0.665. The van der Waals surface area contributed by atoms with Crippen molar-refractivity contribution in [1.82, 2.24) is 9.55 Å². The van der Waals surface area contributed by atoms with E-state index in [0.717, 1.165) is 33.6 Å². The molecule has 4 aromatic rings. The minimum absolute atomic E-state index is 0.0380. The molecule has 1 atom stereocenters. The number of amides is 1. The van der Waals surface area contributed by atoms with Gasteiger partial charge in [0.2, 0.25) is 5.91 Å². The predicted molar refractivity (Wildman–Crippen MR) is 124 cm³/mol. The van der Waals surface area contributed by atoms with E-state index >= 15 is 0 Å². The molecule has 30 heavy (non-hydrogen) atoms. The Morgan fingerprint density at radius 3 is 2.50 bits per heavy atom. The smallest absolute Gasteiger partial charge is 0.227 e. The molecular formula is C24H19BrClN3O. The maximum absolute atomic E-state index is 12.8. The number of carbonyl (C=O) groups excluding carboxylic acids is 1. The Morgan fingerprint density at radius 2 is 1.73 bits per heavy atom. The number of rotatable bonds is 4. The van der Waals surface area contributed by atoms with Crippen molar-refractivity contribution in [2.45, 2.75) is 18.9 Å². The van der Waals surface area contributed by atoms with Crippen molar-refractivity contribution < 1.29 is 4.79 Å². The van der Waals surface area contributed by atoms with E-state index in [2.05, 4.69) is 50.8 Å². The van der Waals surface area contributed by atoms with Crippen molar-refractivity contribution in [2.75, 3.05) is 11.4 Å². The van der Waals surface area contributed by atoms with E-state index in [4.69, 9.17) is 16.6 Å². The highest BCUT2D eigenvalue weighted by molar-refractivity contribution is 9.10. The standard InChI is InChI=1S/C24H19BrClN3O/c25-18-7-5-16(6-8-18)14-29-22-4-2-1-3-21(22)27-24(29)17-13-23(30)28(15-17)20-11-9-19(26)10-12-20/h1-12,17H,13-15H2. The van der Waals surface area contributed by atoms with Crippen LogP contribution in [-0.4, -0.2) is 22.0 Å². The molecule has 0 N–H and O–H groups in total. The van der Waals surface area contributed by atoms with Gasteiger partial charge in [-0.1, -0.05) is 51.8 Å². The first-order chi connectivity index (χ1) is 14.6. The Labute approximate surface area is 188 Å². The highest BCUT2D eigenvalue weighted by atomic mass is 79.9. The Morgan fingerprint density at radius 1 is 1.00 bits per heavy atom. The van der Waals surface area contributed by atoms with Crippen molar-refractivity contribution in [3.8, 4) is 0 Å². The summed E-state index contributed by atoms with van der Waals surface area (Å²) in [5.41, 5.74) is 4.12. The van der Waals surface area contributed by atoms with Crippen LogP contribution in [0.3, 0.4) is 0 Å². The van der Waals surface area contributed by atoms with Crippen LogP contribution in [0.15, 0.2) is 77.3 Å². The monoisotopic (exact) mass is 479 g/mol. The van der Waals surface area contributed by atoms with E-state index < -0.39 is 0 Å². The molecule has 1 fully saturated rings. The molecular weight excluding hydrogens is 462 g/mol. The molecule has 0 bridgehead atoms. The summed E-state index contributed by atoms with van der Waals surface area (Å²) in [5.74, 6) is 1.12. The number of imidazole rings is 1. The molecule has 1 unspecified atom stereocenters. The zero-order chi connectivity index (χ0) is 20.7. The number of hydrogen-bond acceptors (Lipinski definition) is 2. The van der Waals surface area contributed by atoms with Gasteiger partial charge in [0.15, 0.2) is 0 Å². The lowest BCUT2D eigenvalue weighted by Crippen LogP contribution is -2.24. The average molecular weight is 481 g/mol. The van der Waals surface area contributed by atoms with Crippen LogP contribution in [0.5, 0.6) is 0 Å². The van der Waals surface area contributed by atoms with E-state index in [1.807, 2.05) is 47.4 Å². The van der Waals surface area contributed by atoms with Crippen LogP contribution in [0, 0.1) is 0 Å². The quantitative estimate of drug-likeness (QED) is 0.358. The van der Waals surface area contributed by atoms with E-state index in [1.54, 1.807) is 0 Å². The molecule has 0 spiro atoms. The molecule has 1 amide bonds.